The van der Waals surface area contributed by atoms with Gasteiger partial charge < -0.3 is 4.42 Å². The summed E-state index contributed by atoms with van der Waals surface area (Å²) in [4.78, 5) is 34.4. The number of likely N-dealkylation sites (tertiary alicyclic amines) is 1. The Morgan fingerprint density at radius 2 is 1.53 bits per heavy atom. The number of amides is 2. The summed E-state index contributed by atoms with van der Waals surface area (Å²) < 4.78 is 6.24. The Bertz CT molecular complexity index is 1440. The first-order valence-corrected chi connectivity index (χ1v) is 12.2. The molecule has 36 heavy (non-hydrogen) atoms. The molecule has 2 aliphatic heterocycles. The third-order valence-corrected chi connectivity index (χ3v) is 7.06. The number of imide groups is 1. The molecule has 0 saturated carbocycles. The van der Waals surface area contributed by atoms with Gasteiger partial charge in [0.05, 0.1) is 17.3 Å². The summed E-state index contributed by atoms with van der Waals surface area (Å²) in [5.74, 6) is -0.387. The van der Waals surface area contributed by atoms with Crippen LogP contribution in [0.5, 0.6) is 0 Å². The second-order valence-corrected chi connectivity index (χ2v) is 9.58. The maximum Gasteiger partial charge on any atom is 0.262 e. The Labute approximate surface area is 217 Å². The SMILES string of the molecule is O=C1C2ON(c3ccccc3)C(c3ccc(-c4ccc(Cl)cc4Cl)o3)C2C(=O)N1Cc1ccccc1. The highest BCUT2D eigenvalue weighted by Gasteiger charge is 2.60. The van der Waals surface area contributed by atoms with Crippen LogP contribution in [0.3, 0.4) is 0 Å². The fourth-order valence-corrected chi connectivity index (χ4v) is 5.33. The number of carbonyl (C=O) groups is 2. The second kappa shape index (κ2) is 9.13. The van der Waals surface area contributed by atoms with Crippen LogP contribution >= 0.6 is 23.2 Å². The Hall–Kier alpha value is -3.58. The lowest BCUT2D eigenvalue weighted by molar-refractivity contribution is -0.143. The van der Waals surface area contributed by atoms with Crippen LogP contribution in [-0.2, 0) is 21.0 Å². The van der Waals surface area contributed by atoms with Crippen molar-refractivity contribution in [1.82, 2.24) is 4.90 Å². The van der Waals surface area contributed by atoms with Gasteiger partial charge in [-0.2, -0.15) is 0 Å². The second-order valence-electron chi connectivity index (χ2n) is 8.73. The van der Waals surface area contributed by atoms with Gasteiger partial charge in [-0.15, -0.1) is 0 Å². The molecule has 2 fully saturated rings. The summed E-state index contributed by atoms with van der Waals surface area (Å²) in [5.41, 5.74) is 2.26. The molecule has 3 atom stereocenters. The molecule has 2 amide bonds. The Morgan fingerprint density at radius 3 is 2.25 bits per heavy atom. The average molecular weight is 519 g/mol. The molecular weight excluding hydrogens is 499 g/mol. The van der Waals surface area contributed by atoms with Gasteiger partial charge in [0.1, 0.15) is 23.5 Å². The molecule has 6 rings (SSSR count). The van der Waals surface area contributed by atoms with E-state index in [-0.39, 0.29) is 18.4 Å². The number of hydrogen-bond acceptors (Lipinski definition) is 5. The minimum Gasteiger partial charge on any atom is -0.459 e. The quantitative estimate of drug-likeness (QED) is 0.290. The molecular formula is C28H20Cl2N2O4. The van der Waals surface area contributed by atoms with Crippen LogP contribution in [0.25, 0.3) is 11.3 Å². The predicted molar refractivity (Wildman–Crippen MR) is 136 cm³/mol. The smallest absolute Gasteiger partial charge is 0.262 e. The van der Waals surface area contributed by atoms with Gasteiger partial charge >= 0.3 is 0 Å². The van der Waals surface area contributed by atoms with Crippen LogP contribution in [0.15, 0.2) is 95.4 Å². The molecule has 3 heterocycles. The zero-order valence-electron chi connectivity index (χ0n) is 18.9. The number of halogens is 2. The topological polar surface area (TPSA) is 63.0 Å². The van der Waals surface area contributed by atoms with E-state index in [1.807, 2.05) is 60.7 Å². The zero-order valence-corrected chi connectivity index (χ0v) is 20.4. The van der Waals surface area contributed by atoms with E-state index in [2.05, 4.69) is 0 Å². The number of carbonyl (C=O) groups excluding carboxylic acids is 2. The molecule has 3 unspecified atom stereocenters. The van der Waals surface area contributed by atoms with E-state index in [1.165, 1.54) is 4.90 Å². The third kappa shape index (κ3) is 3.88. The molecule has 2 saturated heterocycles. The summed E-state index contributed by atoms with van der Waals surface area (Å²) in [6.07, 6.45) is -0.945. The number of para-hydroxylation sites is 1. The number of furan rings is 1. The summed E-state index contributed by atoms with van der Waals surface area (Å²) in [7, 11) is 0. The minimum atomic E-state index is -0.945. The maximum absolute atomic E-state index is 13.7. The Kier molecular flexibility index (Phi) is 5.80. The fourth-order valence-electron chi connectivity index (χ4n) is 4.83. The summed E-state index contributed by atoms with van der Waals surface area (Å²) >= 11 is 12.5. The van der Waals surface area contributed by atoms with Crippen LogP contribution in [0.1, 0.15) is 17.4 Å². The normalized spacial score (nSPS) is 21.3. The monoisotopic (exact) mass is 518 g/mol. The van der Waals surface area contributed by atoms with Crippen molar-refractivity contribution in [2.24, 2.45) is 5.92 Å². The highest BCUT2D eigenvalue weighted by Crippen LogP contribution is 2.48. The Morgan fingerprint density at radius 1 is 0.806 bits per heavy atom. The van der Waals surface area contributed by atoms with Crippen molar-refractivity contribution in [1.29, 1.82) is 0 Å². The maximum atomic E-state index is 13.7. The molecule has 3 aromatic carbocycles. The van der Waals surface area contributed by atoms with E-state index >= 15 is 0 Å². The Balaban J connectivity index is 1.38. The zero-order chi connectivity index (χ0) is 24.8. The molecule has 2 aliphatic rings. The fraction of sp³-hybridized carbons (Fsp3) is 0.143. The van der Waals surface area contributed by atoms with Gasteiger partial charge in [0.15, 0.2) is 6.10 Å². The van der Waals surface area contributed by atoms with Crippen molar-refractivity contribution < 1.29 is 18.8 Å². The number of rotatable bonds is 5. The van der Waals surface area contributed by atoms with Crippen LogP contribution in [0.4, 0.5) is 5.69 Å². The average Bonchev–Trinajstić information content (AvgIpc) is 3.57. The van der Waals surface area contributed by atoms with E-state index in [1.54, 1.807) is 35.4 Å². The molecule has 180 valence electrons. The molecule has 6 nitrogen and oxygen atoms in total. The molecule has 1 aromatic heterocycles. The summed E-state index contributed by atoms with van der Waals surface area (Å²) in [6.45, 7) is 0.191. The first-order chi connectivity index (χ1) is 17.5. The molecule has 4 aromatic rings. The van der Waals surface area contributed by atoms with E-state index in [0.717, 1.165) is 11.3 Å². The van der Waals surface area contributed by atoms with Gasteiger partial charge in [-0.05, 0) is 48.0 Å². The summed E-state index contributed by atoms with van der Waals surface area (Å²) in [6, 6.07) is 26.9. The lowest BCUT2D eigenvalue weighted by atomic mass is 9.94. The lowest BCUT2D eigenvalue weighted by Crippen LogP contribution is -2.36. The minimum absolute atomic E-state index is 0.191. The van der Waals surface area contributed by atoms with Gasteiger partial charge in [0.25, 0.3) is 5.91 Å². The third-order valence-electron chi connectivity index (χ3n) is 6.52. The van der Waals surface area contributed by atoms with Crippen LogP contribution in [0, 0.1) is 5.92 Å². The molecule has 0 bridgehead atoms. The number of benzene rings is 3. The van der Waals surface area contributed by atoms with Crippen molar-refractivity contribution in [3.05, 3.63) is 112 Å². The van der Waals surface area contributed by atoms with E-state index in [4.69, 9.17) is 32.5 Å². The van der Waals surface area contributed by atoms with Gasteiger partial charge in [0.2, 0.25) is 5.91 Å². The van der Waals surface area contributed by atoms with E-state index in [0.29, 0.717) is 27.1 Å². The standard InChI is InChI=1S/C28H20Cl2N2O4/c29-18-11-12-20(21(30)15-18)22-13-14-23(35-22)25-24-26(36-32(25)19-9-5-2-6-10-19)28(34)31(27(24)33)16-17-7-3-1-4-8-17/h1-15,24-26H,16H2. The van der Waals surface area contributed by atoms with Gasteiger partial charge in [0, 0.05) is 10.6 Å². The molecule has 0 N–H and O–H groups in total. The van der Waals surface area contributed by atoms with Crippen LogP contribution < -0.4 is 5.06 Å². The first kappa shape index (κ1) is 22.9. The highest BCUT2D eigenvalue weighted by atomic mass is 35.5. The van der Waals surface area contributed by atoms with Crippen LogP contribution in [-0.4, -0.2) is 22.8 Å². The van der Waals surface area contributed by atoms with Crippen molar-refractivity contribution in [2.45, 2.75) is 18.7 Å². The molecule has 8 heteroatoms. The highest BCUT2D eigenvalue weighted by molar-refractivity contribution is 6.36. The molecule has 0 radical (unpaired) electrons. The van der Waals surface area contributed by atoms with Crippen LogP contribution in [0.2, 0.25) is 10.0 Å². The number of fused-ring (bicyclic) bond motifs is 1. The van der Waals surface area contributed by atoms with Crippen molar-refractivity contribution in [3.63, 3.8) is 0 Å². The lowest BCUT2D eigenvalue weighted by Gasteiger charge is -2.27. The molecule has 0 spiro atoms. The first-order valence-electron chi connectivity index (χ1n) is 11.5. The van der Waals surface area contributed by atoms with Gasteiger partial charge in [-0.25, -0.2) is 5.06 Å². The molecule has 0 aliphatic carbocycles. The van der Waals surface area contributed by atoms with Crippen molar-refractivity contribution >= 4 is 40.7 Å². The van der Waals surface area contributed by atoms with Gasteiger partial charge in [-0.1, -0.05) is 71.7 Å². The largest absolute Gasteiger partial charge is 0.459 e. The van der Waals surface area contributed by atoms with Gasteiger partial charge in [-0.3, -0.25) is 19.3 Å². The number of hydroxylamine groups is 1. The van der Waals surface area contributed by atoms with Crippen molar-refractivity contribution in [2.75, 3.05) is 5.06 Å². The number of anilines is 1. The van der Waals surface area contributed by atoms with E-state index < -0.39 is 18.1 Å². The van der Waals surface area contributed by atoms with E-state index in [9.17, 15) is 9.59 Å². The number of nitrogens with zero attached hydrogens (tertiary/aromatic N) is 2. The predicted octanol–water partition coefficient (Wildman–Crippen LogP) is 6.30. The number of hydrogen-bond donors (Lipinski definition) is 0. The summed E-state index contributed by atoms with van der Waals surface area (Å²) in [5, 5.41) is 2.58. The van der Waals surface area contributed by atoms with Crippen molar-refractivity contribution in [3.8, 4) is 11.3 Å².